The number of amides is 1. The lowest BCUT2D eigenvalue weighted by Crippen LogP contribution is -2.48. The molecule has 1 aromatic heterocycles. The number of carbonyl (C=O) groups excluding carboxylic acids is 1. The summed E-state index contributed by atoms with van der Waals surface area (Å²) in [6.07, 6.45) is 1.87. The second-order valence-electron chi connectivity index (χ2n) is 9.25. The highest BCUT2D eigenvalue weighted by Crippen LogP contribution is 2.35. The molecule has 0 bridgehead atoms. The fraction of sp³-hybridized carbons (Fsp3) is 0.440. The number of aromatic nitrogens is 1. The molecule has 2 heterocycles. The van der Waals surface area contributed by atoms with Gasteiger partial charge in [-0.3, -0.25) is 9.69 Å². The molecule has 1 saturated heterocycles. The van der Waals surface area contributed by atoms with E-state index in [9.17, 15) is 13.2 Å². The summed E-state index contributed by atoms with van der Waals surface area (Å²) in [5, 5.41) is 1.09. The van der Waals surface area contributed by atoms with Gasteiger partial charge >= 0.3 is 0 Å². The number of nitrogens with zero attached hydrogens (tertiary/aromatic N) is 4. The monoisotopic (exact) mass is 534 g/mol. The summed E-state index contributed by atoms with van der Waals surface area (Å²) in [6, 6.07) is 9.44. The second-order valence-corrected chi connectivity index (χ2v) is 12.6. The largest absolute Gasteiger partial charge is 0.309 e. The Bertz CT molecular complexity index is 1280. The third-order valence-electron chi connectivity index (χ3n) is 6.32. The Labute approximate surface area is 216 Å². The van der Waals surface area contributed by atoms with Crippen molar-refractivity contribution >= 4 is 54.2 Å². The van der Waals surface area contributed by atoms with E-state index in [4.69, 9.17) is 16.6 Å². The van der Waals surface area contributed by atoms with Crippen molar-refractivity contribution in [3.63, 3.8) is 0 Å². The summed E-state index contributed by atoms with van der Waals surface area (Å²) in [5.41, 5.74) is 3.07. The first-order valence-electron chi connectivity index (χ1n) is 11.7. The number of carbonyl (C=O) groups is 1. The highest BCUT2D eigenvalue weighted by molar-refractivity contribution is 7.89. The Hall–Kier alpha value is -2.04. The lowest BCUT2D eigenvalue weighted by molar-refractivity contribution is -0.121. The van der Waals surface area contributed by atoms with Gasteiger partial charge in [-0.1, -0.05) is 35.1 Å². The van der Waals surface area contributed by atoms with Crippen LogP contribution in [0.2, 0.25) is 5.02 Å². The van der Waals surface area contributed by atoms with Crippen LogP contribution in [-0.2, 0) is 14.8 Å². The molecule has 1 amide bonds. The summed E-state index contributed by atoms with van der Waals surface area (Å²) in [4.78, 5) is 22.7. The molecule has 0 radical (unpaired) electrons. The zero-order valence-electron chi connectivity index (χ0n) is 20.5. The third kappa shape index (κ3) is 5.39. The molecule has 1 unspecified atom stereocenters. The average Bonchev–Trinajstić information content (AvgIpc) is 3.48. The highest BCUT2D eigenvalue weighted by atomic mass is 35.5. The average molecular weight is 535 g/mol. The van der Waals surface area contributed by atoms with Crippen LogP contribution in [0.1, 0.15) is 30.4 Å². The summed E-state index contributed by atoms with van der Waals surface area (Å²) in [7, 11) is 0.153. The molecule has 1 fully saturated rings. The SMILES string of the molecule is Cc1ccc(C)c2sc(N(CCCN(C)C)C(=O)C3CCCN3S(=O)(=O)c3ccc(Cl)cc3)nc12. The van der Waals surface area contributed by atoms with Gasteiger partial charge in [-0.25, -0.2) is 13.4 Å². The molecule has 1 aliphatic heterocycles. The number of rotatable bonds is 8. The quantitative estimate of drug-likeness (QED) is 0.418. The zero-order valence-corrected chi connectivity index (χ0v) is 22.9. The third-order valence-corrected chi connectivity index (χ3v) is 9.71. The van der Waals surface area contributed by atoms with Crippen LogP contribution >= 0.6 is 22.9 Å². The number of halogens is 1. The fourth-order valence-electron chi connectivity index (χ4n) is 4.41. The normalized spacial score (nSPS) is 16.9. The van der Waals surface area contributed by atoms with Gasteiger partial charge in [0, 0.05) is 18.1 Å². The number of hydrogen-bond acceptors (Lipinski definition) is 6. The van der Waals surface area contributed by atoms with E-state index in [0.717, 1.165) is 34.3 Å². The minimum absolute atomic E-state index is 0.145. The van der Waals surface area contributed by atoms with Gasteiger partial charge < -0.3 is 4.90 Å². The number of hydrogen-bond donors (Lipinski definition) is 0. The maximum atomic E-state index is 14.0. The van der Waals surface area contributed by atoms with Crippen LogP contribution in [0, 0.1) is 13.8 Å². The van der Waals surface area contributed by atoms with Crippen LogP contribution in [-0.4, -0.2) is 68.3 Å². The molecule has 4 rings (SSSR count). The lowest BCUT2D eigenvalue weighted by atomic mass is 10.1. The molecular weight excluding hydrogens is 504 g/mol. The Morgan fingerprint density at radius 2 is 1.80 bits per heavy atom. The number of benzene rings is 2. The molecule has 0 aliphatic carbocycles. The first-order valence-corrected chi connectivity index (χ1v) is 14.3. The summed E-state index contributed by atoms with van der Waals surface area (Å²) < 4.78 is 29.3. The smallest absolute Gasteiger partial charge is 0.247 e. The molecule has 0 spiro atoms. The van der Waals surface area contributed by atoms with Gasteiger partial charge in [0.1, 0.15) is 6.04 Å². The van der Waals surface area contributed by atoms with E-state index < -0.39 is 16.1 Å². The predicted molar refractivity (Wildman–Crippen MR) is 143 cm³/mol. The van der Waals surface area contributed by atoms with Gasteiger partial charge in [-0.2, -0.15) is 4.31 Å². The lowest BCUT2D eigenvalue weighted by Gasteiger charge is -2.29. The fourth-order valence-corrected chi connectivity index (χ4v) is 7.33. The molecule has 1 atom stereocenters. The standard InChI is InChI=1S/C25H31ClN4O3S2/c1-17-8-9-18(2)23-22(17)27-25(34-23)29(15-6-14-28(3)4)24(31)21-7-5-16-30(21)35(32,33)20-12-10-19(26)11-13-20/h8-13,21H,5-7,14-16H2,1-4H3. The zero-order chi connectivity index (χ0) is 25.3. The van der Waals surface area contributed by atoms with Crippen molar-refractivity contribution in [2.24, 2.45) is 0 Å². The van der Waals surface area contributed by atoms with E-state index in [1.165, 1.54) is 27.8 Å². The number of anilines is 1. The van der Waals surface area contributed by atoms with E-state index in [0.29, 0.717) is 36.1 Å². The number of fused-ring (bicyclic) bond motifs is 1. The Morgan fingerprint density at radius 1 is 1.11 bits per heavy atom. The van der Waals surface area contributed by atoms with Gasteiger partial charge in [0.25, 0.3) is 0 Å². The predicted octanol–water partition coefficient (Wildman–Crippen LogP) is 4.70. The van der Waals surface area contributed by atoms with Gasteiger partial charge in [0.15, 0.2) is 5.13 Å². The van der Waals surface area contributed by atoms with Crippen molar-refractivity contribution in [2.75, 3.05) is 38.6 Å². The molecule has 3 aromatic rings. The van der Waals surface area contributed by atoms with Crippen molar-refractivity contribution in [1.29, 1.82) is 0 Å². The van der Waals surface area contributed by atoms with Crippen LogP contribution in [0.25, 0.3) is 10.2 Å². The molecule has 188 valence electrons. The van der Waals surface area contributed by atoms with Gasteiger partial charge in [0.2, 0.25) is 15.9 Å². The Balaban J connectivity index is 1.69. The summed E-state index contributed by atoms with van der Waals surface area (Å²) in [5.74, 6) is -0.215. The van der Waals surface area contributed by atoms with Gasteiger partial charge in [-0.05, 0) is 89.1 Å². The minimum Gasteiger partial charge on any atom is -0.309 e. The molecule has 7 nitrogen and oxygen atoms in total. The molecule has 1 aliphatic rings. The first-order chi connectivity index (χ1) is 16.6. The van der Waals surface area contributed by atoms with E-state index in [1.807, 2.05) is 34.0 Å². The topological polar surface area (TPSA) is 73.8 Å². The minimum atomic E-state index is -3.84. The number of aryl methyl sites for hydroxylation is 2. The van der Waals surface area contributed by atoms with Crippen LogP contribution in [0.15, 0.2) is 41.3 Å². The van der Waals surface area contributed by atoms with Crippen LogP contribution in [0.3, 0.4) is 0 Å². The number of sulfonamides is 1. The summed E-state index contributed by atoms with van der Waals surface area (Å²) in [6.45, 7) is 5.65. The molecule has 35 heavy (non-hydrogen) atoms. The van der Waals surface area contributed by atoms with E-state index in [1.54, 1.807) is 17.0 Å². The maximum Gasteiger partial charge on any atom is 0.247 e. The summed E-state index contributed by atoms with van der Waals surface area (Å²) >= 11 is 7.45. The van der Waals surface area contributed by atoms with Crippen LogP contribution < -0.4 is 4.90 Å². The van der Waals surface area contributed by atoms with Crippen LogP contribution in [0.5, 0.6) is 0 Å². The second kappa shape index (κ2) is 10.5. The number of thiazole rings is 1. The first kappa shape index (κ1) is 26.0. The van der Waals surface area contributed by atoms with E-state index in [-0.39, 0.29) is 10.8 Å². The Morgan fingerprint density at radius 3 is 2.46 bits per heavy atom. The van der Waals surface area contributed by atoms with Gasteiger partial charge in [0.05, 0.1) is 15.1 Å². The van der Waals surface area contributed by atoms with Crippen molar-refractivity contribution in [3.8, 4) is 0 Å². The van der Waals surface area contributed by atoms with Crippen molar-refractivity contribution in [2.45, 2.75) is 44.0 Å². The Kier molecular flexibility index (Phi) is 7.83. The van der Waals surface area contributed by atoms with Crippen LogP contribution in [0.4, 0.5) is 5.13 Å². The van der Waals surface area contributed by atoms with Crippen molar-refractivity contribution in [3.05, 3.63) is 52.5 Å². The maximum absolute atomic E-state index is 14.0. The van der Waals surface area contributed by atoms with E-state index >= 15 is 0 Å². The highest BCUT2D eigenvalue weighted by Gasteiger charge is 2.42. The molecule has 2 aromatic carbocycles. The molecule has 0 saturated carbocycles. The van der Waals surface area contributed by atoms with Gasteiger partial charge in [-0.15, -0.1) is 0 Å². The van der Waals surface area contributed by atoms with Crippen molar-refractivity contribution < 1.29 is 13.2 Å². The van der Waals surface area contributed by atoms with Crippen molar-refractivity contribution in [1.82, 2.24) is 14.2 Å². The molecule has 0 N–H and O–H groups in total. The molecule has 10 heteroatoms. The molecular formula is C25H31ClN4O3S2. The van der Waals surface area contributed by atoms with E-state index in [2.05, 4.69) is 11.0 Å².